The second-order valence-electron chi connectivity index (χ2n) is 6.87. The highest BCUT2D eigenvalue weighted by Gasteiger charge is 2.38. The Bertz CT molecular complexity index is 363. The van der Waals surface area contributed by atoms with Crippen LogP contribution >= 0.6 is 0 Å². The molecule has 3 aliphatic heterocycles. The van der Waals surface area contributed by atoms with E-state index in [9.17, 15) is 9.90 Å². The van der Waals surface area contributed by atoms with E-state index >= 15 is 0 Å². The molecule has 0 aromatic rings. The van der Waals surface area contributed by atoms with Gasteiger partial charge in [-0.05, 0) is 64.6 Å². The average molecular weight is 296 g/mol. The molecule has 3 rings (SSSR count). The molecule has 3 heterocycles. The van der Waals surface area contributed by atoms with E-state index in [1.54, 1.807) is 0 Å². The van der Waals surface area contributed by atoms with E-state index in [1.807, 2.05) is 0 Å². The number of nitrogens with zero attached hydrogens (tertiary/aromatic N) is 2. The number of carboxylic acid groups (broad SMARTS) is 1. The standard InChI is InChI=1S/C16H28N2O3/c1-12(13-6-10-21-11-13)17-8-4-14(5-9-17)18-7-2-3-15(18)16(19)20/h12-15H,2-11H2,1H3,(H,19,20). The van der Waals surface area contributed by atoms with E-state index < -0.39 is 5.97 Å². The van der Waals surface area contributed by atoms with Crippen molar-refractivity contribution >= 4 is 5.97 Å². The third kappa shape index (κ3) is 3.25. The highest BCUT2D eigenvalue weighted by Crippen LogP contribution is 2.29. The number of piperidine rings is 1. The van der Waals surface area contributed by atoms with Gasteiger partial charge in [0.25, 0.3) is 0 Å². The Morgan fingerprint density at radius 3 is 2.57 bits per heavy atom. The van der Waals surface area contributed by atoms with Gasteiger partial charge >= 0.3 is 5.97 Å². The predicted molar refractivity (Wildman–Crippen MR) is 80.3 cm³/mol. The molecule has 0 spiro atoms. The smallest absolute Gasteiger partial charge is 0.320 e. The average Bonchev–Trinajstić information content (AvgIpc) is 3.18. The molecule has 0 aromatic heterocycles. The number of hydrogen-bond donors (Lipinski definition) is 1. The van der Waals surface area contributed by atoms with Crippen LogP contribution in [0.25, 0.3) is 0 Å². The van der Waals surface area contributed by atoms with E-state index in [4.69, 9.17) is 4.74 Å². The molecule has 3 saturated heterocycles. The van der Waals surface area contributed by atoms with Gasteiger partial charge in [0.2, 0.25) is 0 Å². The van der Waals surface area contributed by atoms with Crippen LogP contribution in [-0.2, 0) is 9.53 Å². The maximum atomic E-state index is 11.3. The molecule has 3 aliphatic rings. The van der Waals surface area contributed by atoms with Gasteiger partial charge in [-0.3, -0.25) is 9.69 Å². The molecule has 0 saturated carbocycles. The summed E-state index contributed by atoms with van der Waals surface area (Å²) >= 11 is 0. The molecule has 0 amide bonds. The van der Waals surface area contributed by atoms with Crippen LogP contribution in [-0.4, -0.2) is 71.8 Å². The van der Waals surface area contributed by atoms with Crippen LogP contribution in [0.5, 0.6) is 0 Å². The normalized spacial score (nSPS) is 34.3. The molecular weight excluding hydrogens is 268 g/mol. The fourth-order valence-electron chi connectivity index (χ4n) is 4.35. The molecule has 1 N–H and O–H groups in total. The summed E-state index contributed by atoms with van der Waals surface area (Å²) in [6, 6.07) is 0.835. The summed E-state index contributed by atoms with van der Waals surface area (Å²) in [6.07, 6.45) is 5.27. The number of ether oxygens (including phenoxy) is 1. The summed E-state index contributed by atoms with van der Waals surface area (Å²) < 4.78 is 5.51. The zero-order chi connectivity index (χ0) is 14.8. The van der Waals surface area contributed by atoms with Crippen molar-refractivity contribution in [1.29, 1.82) is 0 Å². The van der Waals surface area contributed by atoms with Gasteiger partial charge in [-0.15, -0.1) is 0 Å². The van der Waals surface area contributed by atoms with Crippen molar-refractivity contribution in [3.05, 3.63) is 0 Å². The quantitative estimate of drug-likeness (QED) is 0.850. The van der Waals surface area contributed by atoms with Gasteiger partial charge in [-0.2, -0.15) is 0 Å². The Morgan fingerprint density at radius 1 is 1.19 bits per heavy atom. The molecule has 0 bridgehead atoms. The van der Waals surface area contributed by atoms with Crippen molar-refractivity contribution < 1.29 is 14.6 Å². The van der Waals surface area contributed by atoms with Crippen molar-refractivity contribution in [3.63, 3.8) is 0 Å². The largest absolute Gasteiger partial charge is 0.480 e. The predicted octanol–water partition coefficient (Wildman–Crippen LogP) is 1.42. The third-order valence-electron chi connectivity index (χ3n) is 5.77. The second-order valence-corrected chi connectivity index (χ2v) is 6.87. The Hall–Kier alpha value is -0.650. The molecule has 5 heteroatoms. The SMILES string of the molecule is CC(C1CCOC1)N1CCC(N2CCCC2C(=O)O)CC1. The van der Waals surface area contributed by atoms with E-state index in [-0.39, 0.29) is 6.04 Å². The molecule has 120 valence electrons. The van der Waals surface area contributed by atoms with Crippen molar-refractivity contribution in [1.82, 2.24) is 9.80 Å². The molecule has 5 nitrogen and oxygen atoms in total. The van der Waals surface area contributed by atoms with Crippen LogP contribution in [0, 0.1) is 5.92 Å². The van der Waals surface area contributed by atoms with Crippen LogP contribution in [0.3, 0.4) is 0 Å². The Balaban J connectivity index is 1.51. The highest BCUT2D eigenvalue weighted by molar-refractivity contribution is 5.73. The summed E-state index contributed by atoms with van der Waals surface area (Å²) in [5, 5.41) is 9.33. The minimum absolute atomic E-state index is 0.234. The molecule has 21 heavy (non-hydrogen) atoms. The van der Waals surface area contributed by atoms with E-state index in [0.717, 1.165) is 58.5 Å². The summed E-state index contributed by atoms with van der Waals surface area (Å²) in [6.45, 7) is 7.33. The van der Waals surface area contributed by atoms with E-state index in [0.29, 0.717) is 18.0 Å². The zero-order valence-electron chi connectivity index (χ0n) is 13.0. The fraction of sp³-hybridized carbons (Fsp3) is 0.938. The Morgan fingerprint density at radius 2 is 1.95 bits per heavy atom. The van der Waals surface area contributed by atoms with Gasteiger partial charge in [-0.1, -0.05) is 0 Å². The van der Waals surface area contributed by atoms with Crippen molar-refractivity contribution in [2.45, 2.75) is 57.2 Å². The number of likely N-dealkylation sites (tertiary alicyclic amines) is 2. The maximum absolute atomic E-state index is 11.3. The summed E-state index contributed by atoms with van der Waals surface area (Å²) in [5.74, 6) is 0.0477. The number of rotatable bonds is 4. The zero-order valence-corrected chi connectivity index (χ0v) is 13.0. The number of aliphatic carboxylic acids is 1. The first-order valence-corrected chi connectivity index (χ1v) is 8.47. The lowest BCUT2D eigenvalue weighted by Crippen LogP contribution is -2.51. The van der Waals surface area contributed by atoms with Crippen LogP contribution < -0.4 is 0 Å². The van der Waals surface area contributed by atoms with E-state index in [1.165, 1.54) is 6.42 Å². The number of carbonyl (C=O) groups is 1. The van der Waals surface area contributed by atoms with Crippen LogP contribution in [0.15, 0.2) is 0 Å². The van der Waals surface area contributed by atoms with Gasteiger partial charge < -0.3 is 14.7 Å². The van der Waals surface area contributed by atoms with Gasteiger partial charge in [-0.25, -0.2) is 0 Å². The Kier molecular flexibility index (Phi) is 4.82. The first-order chi connectivity index (χ1) is 10.2. The topological polar surface area (TPSA) is 53.0 Å². The van der Waals surface area contributed by atoms with Crippen molar-refractivity contribution in [2.75, 3.05) is 32.8 Å². The molecule has 3 unspecified atom stereocenters. The molecule has 3 atom stereocenters. The van der Waals surface area contributed by atoms with Crippen molar-refractivity contribution in [3.8, 4) is 0 Å². The number of hydrogen-bond acceptors (Lipinski definition) is 4. The molecule has 0 aliphatic carbocycles. The number of carboxylic acids is 1. The van der Waals surface area contributed by atoms with Gasteiger partial charge in [0, 0.05) is 18.7 Å². The minimum Gasteiger partial charge on any atom is -0.480 e. The minimum atomic E-state index is -0.633. The highest BCUT2D eigenvalue weighted by atomic mass is 16.5. The second kappa shape index (κ2) is 6.63. The van der Waals surface area contributed by atoms with E-state index in [2.05, 4.69) is 16.7 Å². The first-order valence-electron chi connectivity index (χ1n) is 8.47. The maximum Gasteiger partial charge on any atom is 0.320 e. The molecule has 3 fully saturated rings. The van der Waals surface area contributed by atoms with Gasteiger partial charge in [0.05, 0.1) is 6.61 Å². The van der Waals surface area contributed by atoms with Crippen LogP contribution in [0.2, 0.25) is 0 Å². The van der Waals surface area contributed by atoms with Gasteiger partial charge in [0.1, 0.15) is 6.04 Å². The lowest BCUT2D eigenvalue weighted by atomic mass is 9.95. The van der Waals surface area contributed by atoms with Crippen molar-refractivity contribution in [2.24, 2.45) is 5.92 Å². The molecular formula is C16H28N2O3. The third-order valence-corrected chi connectivity index (χ3v) is 5.77. The lowest BCUT2D eigenvalue weighted by Gasteiger charge is -2.41. The monoisotopic (exact) mass is 296 g/mol. The fourth-order valence-corrected chi connectivity index (χ4v) is 4.35. The summed E-state index contributed by atoms with van der Waals surface area (Å²) in [7, 11) is 0. The lowest BCUT2D eigenvalue weighted by molar-refractivity contribution is -0.143. The molecule has 0 radical (unpaired) electrons. The summed E-state index contributed by atoms with van der Waals surface area (Å²) in [5.41, 5.74) is 0. The van der Waals surface area contributed by atoms with Gasteiger partial charge in [0.15, 0.2) is 0 Å². The van der Waals surface area contributed by atoms with Crippen LogP contribution in [0.1, 0.15) is 39.0 Å². The first kappa shape index (κ1) is 15.3. The summed E-state index contributed by atoms with van der Waals surface area (Å²) in [4.78, 5) is 16.2. The van der Waals surface area contributed by atoms with Crippen LogP contribution in [0.4, 0.5) is 0 Å². The molecule has 0 aromatic carbocycles. The Labute approximate surface area is 127 Å².